The topological polar surface area (TPSA) is 84.3 Å². The zero-order valence-electron chi connectivity index (χ0n) is 19.7. The number of nitrogens with one attached hydrogen (secondary N) is 1. The standard InChI is InChI=1S/C27H28N4O3/c1-16(2)12-17-4-6-18(7-5-17)25-22(14-28-30(25)3)19-8-9-21-20(13-19)15-31(27(21)34)23-10-11-24(32)29-26(23)33/h4-9,13-14,16,23H,10-12,15H2,1-3H3,(H,29,32,33). The number of hydrogen-bond donors (Lipinski definition) is 1. The molecule has 2 aliphatic rings. The Morgan fingerprint density at radius 2 is 1.76 bits per heavy atom. The van der Waals surface area contributed by atoms with E-state index in [9.17, 15) is 14.4 Å². The van der Waals surface area contributed by atoms with Crippen LogP contribution in [0.15, 0.2) is 48.7 Å². The zero-order chi connectivity index (χ0) is 24.0. The highest BCUT2D eigenvalue weighted by Crippen LogP contribution is 2.35. The van der Waals surface area contributed by atoms with E-state index in [1.54, 1.807) is 4.90 Å². The third-order valence-electron chi connectivity index (χ3n) is 6.64. The summed E-state index contributed by atoms with van der Waals surface area (Å²) in [5.41, 5.74) is 6.88. The van der Waals surface area contributed by atoms with Gasteiger partial charge in [0.05, 0.1) is 11.9 Å². The first-order valence-corrected chi connectivity index (χ1v) is 11.7. The third-order valence-corrected chi connectivity index (χ3v) is 6.64. The molecule has 174 valence electrons. The molecule has 0 aliphatic carbocycles. The summed E-state index contributed by atoms with van der Waals surface area (Å²) in [7, 11) is 1.93. The van der Waals surface area contributed by atoms with Crippen LogP contribution in [0.5, 0.6) is 0 Å². The molecule has 3 heterocycles. The van der Waals surface area contributed by atoms with Gasteiger partial charge < -0.3 is 4.90 Å². The minimum Gasteiger partial charge on any atom is -0.322 e. The second kappa shape index (κ2) is 8.56. The summed E-state index contributed by atoms with van der Waals surface area (Å²) in [4.78, 5) is 38.4. The zero-order valence-corrected chi connectivity index (χ0v) is 19.7. The van der Waals surface area contributed by atoms with E-state index >= 15 is 0 Å². The van der Waals surface area contributed by atoms with Gasteiger partial charge in [0.15, 0.2) is 0 Å². The van der Waals surface area contributed by atoms with Gasteiger partial charge in [-0.1, -0.05) is 44.2 Å². The number of imide groups is 1. The number of aryl methyl sites for hydroxylation is 1. The fourth-order valence-electron chi connectivity index (χ4n) is 5.00. The van der Waals surface area contributed by atoms with Crippen LogP contribution in [-0.2, 0) is 29.6 Å². The van der Waals surface area contributed by atoms with Gasteiger partial charge in [0.25, 0.3) is 5.91 Å². The maximum Gasteiger partial charge on any atom is 0.255 e. The van der Waals surface area contributed by atoms with Crippen molar-refractivity contribution in [2.24, 2.45) is 13.0 Å². The normalized spacial score (nSPS) is 17.9. The van der Waals surface area contributed by atoms with E-state index in [0.717, 1.165) is 34.4 Å². The van der Waals surface area contributed by atoms with Crippen molar-refractivity contribution in [3.05, 3.63) is 65.4 Å². The quantitative estimate of drug-likeness (QED) is 0.593. The summed E-state index contributed by atoms with van der Waals surface area (Å²) >= 11 is 0. The molecule has 34 heavy (non-hydrogen) atoms. The number of benzene rings is 2. The van der Waals surface area contributed by atoms with Crippen LogP contribution < -0.4 is 5.32 Å². The van der Waals surface area contributed by atoms with Crippen LogP contribution in [0.1, 0.15) is 48.2 Å². The smallest absolute Gasteiger partial charge is 0.255 e. The first-order valence-electron chi connectivity index (χ1n) is 11.7. The molecule has 1 fully saturated rings. The highest BCUT2D eigenvalue weighted by Gasteiger charge is 2.39. The first-order chi connectivity index (χ1) is 16.3. The van der Waals surface area contributed by atoms with Crippen LogP contribution in [0, 0.1) is 5.92 Å². The Labute approximate surface area is 198 Å². The molecule has 7 heteroatoms. The van der Waals surface area contributed by atoms with Gasteiger partial charge in [-0.05, 0) is 47.6 Å². The molecular weight excluding hydrogens is 428 g/mol. The number of fused-ring (bicyclic) bond motifs is 1. The molecule has 1 saturated heterocycles. The fourth-order valence-corrected chi connectivity index (χ4v) is 5.00. The molecule has 2 aromatic carbocycles. The Balaban J connectivity index is 1.44. The monoisotopic (exact) mass is 456 g/mol. The number of aromatic nitrogens is 2. The highest BCUT2D eigenvalue weighted by atomic mass is 16.2. The van der Waals surface area contributed by atoms with Gasteiger partial charge in [0.1, 0.15) is 6.04 Å². The number of amides is 3. The van der Waals surface area contributed by atoms with E-state index in [0.29, 0.717) is 24.4 Å². The van der Waals surface area contributed by atoms with Gasteiger partial charge in [-0.2, -0.15) is 5.10 Å². The van der Waals surface area contributed by atoms with E-state index < -0.39 is 11.9 Å². The predicted molar refractivity (Wildman–Crippen MR) is 129 cm³/mol. The van der Waals surface area contributed by atoms with Crippen LogP contribution in [0.3, 0.4) is 0 Å². The average Bonchev–Trinajstić information content (AvgIpc) is 3.34. The number of rotatable bonds is 5. The molecule has 0 saturated carbocycles. The van der Waals surface area contributed by atoms with Crippen LogP contribution in [-0.4, -0.2) is 38.4 Å². The van der Waals surface area contributed by atoms with E-state index in [1.165, 1.54) is 5.56 Å². The Morgan fingerprint density at radius 1 is 1.03 bits per heavy atom. The van der Waals surface area contributed by atoms with Crippen molar-refractivity contribution in [3.63, 3.8) is 0 Å². The lowest BCUT2D eigenvalue weighted by atomic mass is 9.96. The Morgan fingerprint density at radius 3 is 2.47 bits per heavy atom. The van der Waals surface area contributed by atoms with E-state index in [2.05, 4.69) is 48.5 Å². The summed E-state index contributed by atoms with van der Waals surface area (Å²) in [6.07, 6.45) is 3.50. The molecule has 2 aliphatic heterocycles. The van der Waals surface area contributed by atoms with Crippen LogP contribution in [0.25, 0.3) is 22.4 Å². The minimum atomic E-state index is -0.612. The van der Waals surface area contributed by atoms with Crippen LogP contribution in [0.4, 0.5) is 0 Å². The van der Waals surface area contributed by atoms with Crippen molar-refractivity contribution >= 4 is 17.7 Å². The highest BCUT2D eigenvalue weighted by molar-refractivity contribution is 6.05. The van der Waals surface area contributed by atoms with Crippen LogP contribution in [0.2, 0.25) is 0 Å². The van der Waals surface area contributed by atoms with Crippen molar-refractivity contribution in [1.29, 1.82) is 0 Å². The van der Waals surface area contributed by atoms with Gasteiger partial charge in [0, 0.05) is 36.7 Å². The van der Waals surface area contributed by atoms with Crippen molar-refractivity contribution in [2.45, 2.75) is 45.7 Å². The number of hydrogen-bond acceptors (Lipinski definition) is 4. The van der Waals surface area contributed by atoms with Gasteiger partial charge in [-0.15, -0.1) is 0 Å². The van der Waals surface area contributed by atoms with Crippen molar-refractivity contribution < 1.29 is 14.4 Å². The lowest BCUT2D eigenvalue weighted by Gasteiger charge is -2.29. The third kappa shape index (κ3) is 3.91. The molecule has 1 unspecified atom stereocenters. The molecule has 0 bridgehead atoms. The largest absolute Gasteiger partial charge is 0.322 e. The number of nitrogens with zero attached hydrogens (tertiary/aromatic N) is 3. The van der Waals surface area contributed by atoms with Gasteiger partial charge in [-0.25, -0.2) is 0 Å². The lowest BCUT2D eigenvalue weighted by molar-refractivity contribution is -0.136. The Bertz CT molecular complexity index is 1290. The number of carbonyl (C=O) groups excluding carboxylic acids is 3. The summed E-state index contributed by atoms with van der Waals surface area (Å²) in [5.74, 6) is -0.239. The van der Waals surface area contributed by atoms with Crippen molar-refractivity contribution in [1.82, 2.24) is 20.0 Å². The molecule has 5 rings (SSSR count). The maximum atomic E-state index is 13.0. The Hall–Kier alpha value is -3.74. The number of piperidine rings is 1. The molecule has 1 N–H and O–H groups in total. The Kier molecular flexibility index (Phi) is 5.55. The van der Waals surface area contributed by atoms with Crippen molar-refractivity contribution in [2.75, 3.05) is 0 Å². The fraction of sp³-hybridized carbons (Fsp3) is 0.333. The molecule has 1 aromatic heterocycles. The summed E-state index contributed by atoms with van der Waals surface area (Å²) in [5, 5.41) is 6.86. The van der Waals surface area contributed by atoms with Crippen molar-refractivity contribution in [3.8, 4) is 22.4 Å². The first kappa shape index (κ1) is 22.1. The van der Waals surface area contributed by atoms with Gasteiger partial charge in [0.2, 0.25) is 11.8 Å². The predicted octanol–water partition coefficient (Wildman–Crippen LogP) is 3.71. The molecule has 3 amide bonds. The van der Waals surface area contributed by atoms with E-state index in [4.69, 9.17) is 0 Å². The van der Waals surface area contributed by atoms with Gasteiger partial charge in [-0.3, -0.25) is 24.4 Å². The molecule has 7 nitrogen and oxygen atoms in total. The number of carbonyl (C=O) groups is 3. The second-order valence-electron chi connectivity index (χ2n) is 9.60. The average molecular weight is 457 g/mol. The lowest BCUT2D eigenvalue weighted by Crippen LogP contribution is -2.52. The second-order valence-corrected chi connectivity index (χ2v) is 9.60. The molecule has 0 radical (unpaired) electrons. The minimum absolute atomic E-state index is 0.164. The molecule has 3 aromatic rings. The van der Waals surface area contributed by atoms with Gasteiger partial charge >= 0.3 is 0 Å². The SMILES string of the molecule is CC(C)Cc1ccc(-c2c(-c3ccc4c(c3)CN(C3CCC(=O)NC3=O)C4=O)cnn2C)cc1. The van der Waals surface area contributed by atoms with E-state index in [-0.39, 0.29) is 18.2 Å². The summed E-state index contributed by atoms with van der Waals surface area (Å²) in [6.45, 7) is 4.79. The summed E-state index contributed by atoms with van der Waals surface area (Å²) in [6, 6.07) is 13.8. The van der Waals surface area contributed by atoms with Crippen LogP contribution >= 0.6 is 0 Å². The summed E-state index contributed by atoms with van der Waals surface area (Å²) < 4.78 is 1.88. The molecule has 1 atom stereocenters. The molecular formula is C27H28N4O3. The van der Waals surface area contributed by atoms with E-state index in [1.807, 2.05) is 36.1 Å². The maximum absolute atomic E-state index is 13.0. The molecule has 0 spiro atoms.